The largest absolute Gasteiger partial charge is 0.490 e. The van der Waals surface area contributed by atoms with Gasteiger partial charge in [0.25, 0.3) is 0 Å². The topological polar surface area (TPSA) is 44.5 Å². The molecule has 0 saturated carbocycles. The maximum absolute atomic E-state index is 5.89. The van der Waals surface area contributed by atoms with Crippen molar-refractivity contribution in [2.45, 2.75) is 20.1 Å². The van der Waals surface area contributed by atoms with Crippen molar-refractivity contribution in [2.24, 2.45) is 5.73 Å². The standard InChI is InChI=1S/C16H18ClNO2/c1-2-19-15-5-3-4-13(10-18)16(15)20-11-12-6-8-14(17)9-7-12/h3-9H,2,10-11,18H2,1H3. The number of ether oxygens (including phenoxy) is 2. The molecule has 0 aromatic heterocycles. The molecule has 0 saturated heterocycles. The van der Waals surface area contributed by atoms with Crippen molar-refractivity contribution in [1.29, 1.82) is 0 Å². The highest BCUT2D eigenvalue weighted by Gasteiger charge is 2.10. The fraction of sp³-hybridized carbons (Fsp3) is 0.250. The number of nitrogens with two attached hydrogens (primary N) is 1. The Morgan fingerprint density at radius 2 is 1.80 bits per heavy atom. The molecule has 0 spiro atoms. The zero-order chi connectivity index (χ0) is 14.4. The minimum Gasteiger partial charge on any atom is -0.490 e. The van der Waals surface area contributed by atoms with Crippen LogP contribution in [0.2, 0.25) is 5.02 Å². The number of hydrogen-bond acceptors (Lipinski definition) is 3. The summed E-state index contributed by atoms with van der Waals surface area (Å²) < 4.78 is 11.5. The summed E-state index contributed by atoms with van der Waals surface area (Å²) in [5, 5.41) is 0.714. The van der Waals surface area contributed by atoms with Crippen LogP contribution >= 0.6 is 11.6 Å². The summed E-state index contributed by atoms with van der Waals surface area (Å²) in [6.45, 7) is 3.40. The van der Waals surface area contributed by atoms with Gasteiger partial charge in [-0.25, -0.2) is 0 Å². The highest BCUT2D eigenvalue weighted by atomic mass is 35.5. The first-order chi connectivity index (χ1) is 9.74. The maximum atomic E-state index is 5.89. The Balaban J connectivity index is 2.16. The van der Waals surface area contributed by atoms with Crippen LogP contribution in [0.3, 0.4) is 0 Å². The van der Waals surface area contributed by atoms with Gasteiger partial charge in [-0.3, -0.25) is 0 Å². The molecule has 20 heavy (non-hydrogen) atoms. The molecular weight excluding hydrogens is 274 g/mol. The predicted octanol–water partition coefficient (Wildman–Crippen LogP) is 3.78. The summed E-state index contributed by atoms with van der Waals surface area (Å²) in [5.74, 6) is 1.44. The molecule has 0 aliphatic rings. The second kappa shape index (κ2) is 7.17. The van der Waals surface area contributed by atoms with Crippen LogP contribution in [0, 0.1) is 0 Å². The molecule has 106 valence electrons. The fourth-order valence-corrected chi connectivity index (χ4v) is 2.02. The van der Waals surface area contributed by atoms with Gasteiger partial charge in [-0.15, -0.1) is 0 Å². The van der Waals surface area contributed by atoms with Gasteiger partial charge in [-0.05, 0) is 30.7 Å². The molecule has 2 aromatic rings. The molecule has 2 rings (SSSR count). The average Bonchev–Trinajstić information content (AvgIpc) is 2.47. The first kappa shape index (κ1) is 14.7. The van der Waals surface area contributed by atoms with E-state index in [0.29, 0.717) is 30.5 Å². The van der Waals surface area contributed by atoms with E-state index in [-0.39, 0.29) is 0 Å². The molecule has 0 heterocycles. The summed E-state index contributed by atoms with van der Waals surface area (Å²) >= 11 is 5.87. The van der Waals surface area contributed by atoms with Gasteiger partial charge in [0.05, 0.1) is 6.61 Å². The second-order valence-electron chi connectivity index (χ2n) is 4.30. The van der Waals surface area contributed by atoms with Crippen LogP contribution in [-0.2, 0) is 13.2 Å². The van der Waals surface area contributed by atoms with Crippen LogP contribution < -0.4 is 15.2 Å². The van der Waals surface area contributed by atoms with Crippen LogP contribution in [0.1, 0.15) is 18.1 Å². The minimum atomic E-state index is 0.414. The van der Waals surface area contributed by atoms with Gasteiger partial charge in [-0.1, -0.05) is 35.9 Å². The monoisotopic (exact) mass is 291 g/mol. The van der Waals surface area contributed by atoms with Gasteiger partial charge in [0.15, 0.2) is 11.5 Å². The highest BCUT2D eigenvalue weighted by molar-refractivity contribution is 6.30. The third-order valence-corrected chi connectivity index (χ3v) is 3.13. The first-order valence-electron chi connectivity index (χ1n) is 6.56. The zero-order valence-corrected chi connectivity index (χ0v) is 12.2. The Hall–Kier alpha value is -1.71. The van der Waals surface area contributed by atoms with E-state index in [1.165, 1.54) is 0 Å². The number of benzene rings is 2. The van der Waals surface area contributed by atoms with Gasteiger partial charge >= 0.3 is 0 Å². The van der Waals surface area contributed by atoms with Crippen molar-refractivity contribution in [3.8, 4) is 11.5 Å². The molecule has 0 amide bonds. The highest BCUT2D eigenvalue weighted by Crippen LogP contribution is 2.32. The average molecular weight is 292 g/mol. The Kier molecular flexibility index (Phi) is 5.27. The lowest BCUT2D eigenvalue weighted by Gasteiger charge is -2.15. The molecule has 2 N–H and O–H groups in total. The predicted molar refractivity (Wildman–Crippen MR) is 81.3 cm³/mol. The molecule has 2 aromatic carbocycles. The van der Waals surface area contributed by atoms with E-state index in [9.17, 15) is 0 Å². The zero-order valence-electron chi connectivity index (χ0n) is 11.4. The van der Waals surface area contributed by atoms with Crippen LogP contribution in [0.25, 0.3) is 0 Å². The van der Waals surface area contributed by atoms with Gasteiger partial charge in [-0.2, -0.15) is 0 Å². The number of halogens is 1. The molecule has 0 aliphatic carbocycles. The third kappa shape index (κ3) is 3.65. The van der Waals surface area contributed by atoms with Crippen molar-refractivity contribution >= 4 is 11.6 Å². The molecule has 0 atom stereocenters. The molecule has 0 radical (unpaired) electrons. The fourth-order valence-electron chi connectivity index (χ4n) is 1.89. The molecule has 0 fully saturated rings. The Labute approximate surface area is 124 Å². The van der Waals surface area contributed by atoms with Crippen LogP contribution in [0.5, 0.6) is 11.5 Å². The van der Waals surface area contributed by atoms with E-state index in [4.69, 9.17) is 26.8 Å². The van der Waals surface area contributed by atoms with Gasteiger partial charge in [0.1, 0.15) is 6.61 Å². The summed E-state index contributed by atoms with van der Waals surface area (Å²) in [6, 6.07) is 13.3. The van der Waals surface area contributed by atoms with E-state index < -0.39 is 0 Å². The van der Waals surface area contributed by atoms with Crippen molar-refractivity contribution in [2.75, 3.05) is 6.61 Å². The molecule has 0 aliphatic heterocycles. The third-order valence-electron chi connectivity index (χ3n) is 2.88. The number of para-hydroxylation sites is 1. The minimum absolute atomic E-state index is 0.414. The Morgan fingerprint density at radius 3 is 2.45 bits per heavy atom. The lowest BCUT2D eigenvalue weighted by molar-refractivity contribution is 0.266. The quantitative estimate of drug-likeness (QED) is 0.881. The molecular formula is C16H18ClNO2. The van der Waals surface area contributed by atoms with Gasteiger partial charge < -0.3 is 15.2 Å². The van der Waals surface area contributed by atoms with Crippen molar-refractivity contribution in [3.63, 3.8) is 0 Å². The smallest absolute Gasteiger partial charge is 0.166 e. The van der Waals surface area contributed by atoms with E-state index >= 15 is 0 Å². The maximum Gasteiger partial charge on any atom is 0.166 e. The lowest BCUT2D eigenvalue weighted by Crippen LogP contribution is -2.05. The summed E-state index contributed by atoms with van der Waals surface area (Å²) in [4.78, 5) is 0. The Morgan fingerprint density at radius 1 is 1.05 bits per heavy atom. The van der Waals surface area contributed by atoms with Gasteiger partial charge in [0, 0.05) is 17.1 Å². The summed E-state index contributed by atoms with van der Waals surface area (Å²) in [5.41, 5.74) is 7.73. The van der Waals surface area contributed by atoms with Crippen molar-refractivity contribution in [1.82, 2.24) is 0 Å². The summed E-state index contributed by atoms with van der Waals surface area (Å²) in [7, 11) is 0. The van der Waals surface area contributed by atoms with E-state index in [0.717, 1.165) is 16.9 Å². The van der Waals surface area contributed by atoms with Crippen molar-refractivity contribution in [3.05, 3.63) is 58.6 Å². The van der Waals surface area contributed by atoms with Crippen LogP contribution in [0.15, 0.2) is 42.5 Å². The SMILES string of the molecule is CCOc1cccc(CN)c1OCc1ccc(Cl)cc1. The van der Waals surface area contributed by atoms with E-state index in [1.807, 2.05) is 49.4 Å². The molecule has 0 bridgehead atoms. The van der Waals surface area contributed by atoms with Crippen molar-refractivity contribution < 1.29 is 9.47 Å². The lowest BCUT2D eigenvalue weighted by atomic mass is 10.2. The molecule has 3 nitrogen and oxygen atoms in total. The van der Waals surface area contributed by atoms with Crippen LogP contribution in [-0.4, -0.2) is 6.61 Å². The van der Waals surface area contributed by atoms with Crippen LogP contribution in [0.4, 0.5) is 0 Å². The second-order valence-corrected chi connectivity index (χ2v) is 4.73. The molecule has 0 unspecified atom stereocenters. The Bertz CT molecular complexity index is 555. The molecule has 4 heteroatoms. The number of rotatable bonds is 6. The van der Waals surface area contributed by atoms with E-state index in [2.05, 4.69) is 0 Å². The van der Waals surface area contributed by atoms with E-state index in [1.54, 1.807) is 0 Å². The van der Waals surface area contributed by atoms with Gasteiger partial charge in [0.2, 0.25) is 0 Å². The number of hydrogen-bond donors (Lipinski definition) is 1. The summed E-state index contributed by atoms with van der Waals surface area (Å²) in [6.07, 6.45) is 0. The first-order valence-corrected chi connectivity index (χ1v) is 6.94. The normalized spacial score (nSPS) is 10.3.